The van der Waals surface area contributed by atoms with E-state index in [9.17, 15) is 0 Å². The molecule has 0 unspecified atom stereocenters. The lowest BCUT2D eigenvalue weighted by molar-refractivity contribution is 1.00. The summed E-state index contributed by atoms with van der Waals surface area (Å²) in [5.74, 6) is 0.354. The average Bonchev–Trinajstić information content (AvgIpc) is 2.03. The summed E-state index contributed by atoms with van der Waals surface area (Å²) in [5.41, 5.74) is 14.1. The number of azide groups is 1. The van der Waals surface area contributed by atoms with Crippen molar-refractivity contribution in [3.8, 4) is 0 Å². The summed E-state index contributed by atoms with van der Waals surface area (Å²) in [4.78, 5) is 10.0. The predicted octanol–water partition coefficient (Wildman–Crippen LogP) is 0.869. The van der Waals surface area contributed by atoms with Gasteiger partial charge in [0.25, 0.3) is 0 Å². The first-order valence-electron chi connectivity index (χ1n) is 2.90. The van der Waals surface area contributed by atoms with E-state index in [-0.39, 0.29) is 6.54 Å². The van der Waals surface area contributed by atoms with Crippen molar-refractivity contribution in [2.75, 3.05) is 5.73 Å². The molecule has 1 aromatic heterocycles. The molecule has 0 atom stereocenters. The zero-order valence-corrected chi connectivity index (χ0v) is 5.68. The Morgan fingerprint density at radius 3 is 3.18 bits per heavy atom. The average molecular weight is 150 g/mol. The molecule has 0 saturated carbocycles. The van der Waals surface area contributed by atoms with Crippen LogP contribution in [-0.2, 0) is 6.54 Å². The SMILES string of the molecule is [N-]=[N+]=NCc1cncnc1N. The van der Waals surface area contributed by atoms with Gasteiger partial charge in [0.15, 0.2) is 0 Å². The third-order valence-electron chi connectivity index (χ3n) is 1.13. The summed E-state index contributed by atoms with van der Waals surface area (Å²) >= 11 is 0. The van der Waals surface area contributed by atoms with E-state index in [2.05, 4.69) is 20.0 Å². The van der Waals surface area contributed by atoms with Crippen LogP contribution in [0.15, 0.2) is 17.6 Å². The van der Waals surface area contributed by atoms with Crippen LogP contribution in [0.25, 0.3) is 10.4 Å². The van der Waals surface area contributed by atoms with E-state index in [1.807, 2.05) is 0 Å². The van der Waals surface area contributed by atoms with Gasteiger partial charge in [-0.3, -0.25) is 0 Å². The van der Waals surface area contributed by atoms with E-state index in [0.29, 0.717) is 11.4 Å². The van der Waals surface area contributed by atoms with Gasteiger partial charge in [0.1, 0.15) is 12.1 Å². The van der Waals surface area contributed by atoms with Crippen LogP contribution in [0.1, 0.15) is 5.56 Å². The molecular weight excluding hydrogens is 144 g/mol. The molecule has 0 bridgehead atoms. The fourth-order valence-electron chi connectivity index (χ4n) is 0.598. The molecule has 0 aromatic carbocycles. The predicted molar refractivity (Wildman–Crippen MR) is 39.3 cm³/mol. The quantitative estimate of drug-likeness (QED) is 0.384. The number of nitrogen functional groups attached to an aromatic ring is 1. The van der Waals surface area contributed by atoms with Gasteiger partial charge in [-0.25, -0.2) is 9.97 Å². The van der Waals surface area contributed by atoms with Crippen molar-refractivity contribution in [1.82, 2.24) is 9.97 Å². The van der Waals surface area contributed by atoms with Crippen molar-refractivity contribution in [2.24, 2.45) is 5.11 Å². The van der Waals surface area contributed by atoms with E-state index in [0.717, 1.165) is 0 Å². The third kappa shape index (κ3) is 1.80. The Balaban J connectivity index is 2.85. The van der Waals surface area contributed by atoms with Gasteiger partial charge in [0.05, 0.1) is 6.54 Å². The molecule has 0 amide bonds. The van der Waals surface area contributed by atoms with Crippen LogP contribution in [0.2, 0.25) is 0 Å². The molecule has 0 aliphatic rings. The normalized spacial score (nSPS) is 8.73. The second-order valence-electron chi connectivity index (χ2n) is 1.82. The Morgan fingerprint density at radius 2 is 2.55 bits per heavy atom. The number of hydrogen-bond acceptors (Lipinski definition) is 4. The minimum absolute atomic E-state index is 0.198. The van der Waals surface area contributed by atoms with Crippen LogP contribution in [-0.4, -0.2) is 9.97 Å². The smallest absolute Gasteiger partial charge is 0.130 e. The Hall–Kier alpha value is -1.81. The summed E-state index contributed by atoms with van der Waals surface area (Å²) in [6.45, 7) is 0.198. The summed E-state index contributed by atoms with van der Waals surface area (Å²) in [6, 6.07) is 0. The molecule has 1 rings (SSSR count). The maximum atomic E-state index is 8.00. The molecule has 0 spiro atoms. The topological polar surface area (TPSA) is 101 Å². The van der Waals surface area contributed by atoms with Gasteiger partial charge in [-0.2, -0.15) is 0 Å². The van der Waals surface area contributed by atoms with Crippen molar-refractivity contribution < 1.29 is 0 Å². The van der Waals surface area contributed by atoms with Crippen molar-refractivity contribution in [2.45, 2.75) is 6.54 Å². The van der Waals surface area contributed by atoms with E-state index in [1.54, 1.807) is 0 Å². The highest BCUT2D eigenvalue weighted by molar-refractivity contribution is 5.36. The second kappa shape index (κ2) is 3.38. The second-order valence-corrected chi connectivity index (χ2v) is 1.82. The zero-order chi connectivity index (χ0) is 8.10. The van der Waals surface area contributed by atoms with Crippen LogP contribution in [0, 0.1) is 0 Å². The fourth-order valence-corrected chi connectivity index (χ4v) is 0.598. The summed E-state index contributed by atoms with van der Waals surface area (Å²) in [7, 11) is 0. The zero-order valence-electron chi connectivity index (χ0n) is 5.68. The molecule has 0 saturated heterocycles. The van der Waals surface area contributed by atoms with Gasteiger partial charge >= 0.3 is 0 Å². The Labute approximate surface area is 62.7 Å². The molecule has 56 valence electrons. The molecule has 2 N–H and O–H groups in total. The lowest BCUT2D eigenvalue weighted by Crippen LogP contribution is -1.96. The van der Waals surface area contributed by atoms with E-state index in [1.165, 1.54) is 12.5 Å². The van der Waals surface area contributed by atoms with Gasteiger partial charge in [-0.05, 0) is 5.53 Å². The molecule has 0 aliphatic heterocycles. The van der Waals surface area contributed by atoms with Gasteiger partial charge in [-0.15, -0.1) is 0 Å². The summed E-state index contributed by atoms with van der Waals surface area (Å²) in [6.07, 6.45) is 2.87. The molecule has 6 nitrogen and oxygen atoms in total. The van der Waals surface area contributed by atoms with E-state index in [4.69, 9.17) is 11.3 Å². The van der Waals surface area contributed by atoms with E-state index < -0.39 is 0 Å². The van der Waals surface area contributed by atoms with Crippen molar-refractivity contribution >= 4 is 5.82 Å². The highest BCUT2D eigenvalue weighted by Gasteiger charge is 1.95. The summed E-state index contributed by atoms with van der Waals surface area (Å²) < 4.78 is 0. The number of aromatic nitrogens is 2. The minimum Gasteiger partial charge on any atom is -0.383 e. The van der Waals surface area contributed by atoms with Crippen molar-refractivity contribution in [3.63, 3.8) is 0 Å². The van der Waals surface area contributed by atoms with Crippen LogP contribution in [0.4, 0.5) is 5.82 Å². The first-order valence-corrected chi connectivity index (χ1v) is 2.90. The van der Waals surface area contributed by atoms with Crippen molar-refractivity contribution in [1.29, 1.82) is 0 Å². The standard InChI is InChI=1S/C5H6N6/c6-5-4(2-10-11-7)1-8-3-9-5/h1,3H,2H2,(H2,6,8,9). The highest BCUT2D eigenvalue weighted by Crippen LogP contribution is 2.05. The number of anilines is 1. The van der Waals surface area contributed by atoms with Gasteiger partial charge < -0.3 is 5.73 Å². The van der Waals surface area contributed by atoms with Crippen LogP contribution < -0.4 is 5.73 Å². The molecule has 0 fully saturated rings. The highest BCUT2D eigenvalue weighted by atomic mass is 15.1. The van der Waals surface area contributed by atoms with Crippen molar-refractivity contribution in [3.05, 3.63) is 28.5 Å². The van der Waals surface area contributed by atoms with E-state index >= 15 is 0 Å². The lowest BCUT2D eigenvalue weighted by atomic mass is 10.3. The first-order chi connectivity index (χ1) is 5.34. The molecule has 11 heavy (non-hydrogen) atoms. The number of rotatable bonds is 2. The summed E-state index contributed by atoms with van der Waals surface area (Å²) in [5, 5.41) is 3.32. The molecule has 6 heteroatoms. The Bertz CT molecular complexity index is 289. The maximum Gasteiger partial charge on any atom is 0.130 e. The number of nitrogens with zero attached hydrogens (tertiary/aromatic N) is 5. The fraction of sp³-hybridized carbons (Fsp3) is 0.200. The lowest BCUT2D eigenvalue weighted by Gasteiger charge is -1.96. The van der Waals surface area contributed by atoms with Crippen LogP contribution in [0.5, 0.6) is 0 Å². The van der Waals surface area contributed by atoms with Gasteiger partial charge in [0.2, 0.25) is 0 Å². The monoisotopic (exact) mass is 150 g/mol. The van der Waals surface area contributed by atoms with Crippen LogP contribution in [0.3, 0.4) is 0 Å². The molecule has 0 radical (unpaired) electrons. The molecule has 1 aromatic rings. The number of nitrogens with two attached hydrogens (primary N) is 1. The Morgan fingerprint density at radius 1 is 1.73 bits per heavy atom. The number of hydrogen-bond donors (Lipinski definition) is 1. The largest absolute Gasteiger partial charge is 0.383 e. The molecular formula is C5H6N6. The maximum absolute atomic E-state index is 8.00. The Kier molecular flexibility index (Phi) is 2.24. The third-order valence-corrected chi connectivity index (χ3v) is 1.13. The first kappa shape index (κ1) is 7.30. The van der Waals surface area contributed by atoms with Gasteiger partial charge in [-0.1, -0.05) is 5.11 Å². The molecule has 1 heterocycles. The van der Waals surface area contributed by atoms with Gasteiger partial charge in [0, 0.05) is 16.7 Å². The van der Waals surface area contributed by atoms with Crippen LogP contribution >= 0.6 is 0 Å². The molecule has 0 aliphatic carbocycles. The minimum atomic E-state index is 0.198.